The average Bonchev–Trinajstić information content (AvgIpc) is 2.71. The summed E-state index contributed by atoms with van der Waals surface area (Å²) in [6, 6.07) is 7.97. The van der Waals surface area contributed by atoms with Crippen LogP contribution < -0.4 is 4.74 Å². The predicted octanol–water partition coefficient (Wildman–Crippen LogP) is 3.50. The summed E-state index contributed by atoms with van der Waals surface area (Å²) >= 11 is 5.30. The zero-order valence-corrected chi connectivity index (χ0v) is 10.9. The fraction of sp³-hybridized carbons (Fsp3) is 0.308. The van der Waals surface area contributed by atoms with Gasteiger partial charge >= 0.3 is 0 Å². The molecule has 0 saturated heterocycles. The zero-order chi connectivity index (χ0) is 12.3. The van der Waals surface area contributed by atoms with E-state index >= 15 is 0 Å². The molecule has 2 rings (SSSR count). The Hall–Kier alpha value is -1.55. The van der Waals surface area contributed by atoms with E-state index in [9.17, 15) is 0 Å². The van der Waals surface area contributed by atoms with E-state index in [4.69, 9.17) is 17.0 Å². The molecular weight excluding hydrogens is 232 g/mol. The topological polar surface area (TPSA) is 29.9 Å². The van der Waals surface area contributed by atoms with Crippen molar-refractivity contribution >= 4 is 12.2 Å². The van der Waals surface area contributed by atoms with E-state index in [0.29, 0.717) is 6.61 Å². The van der Waals surface area contributed by atoms with Gasteiger partial charge in [0.15, 0.2) is 4.77 Å². The zero-order valence-electron chi connectivity index (χ0n) is 10.1. The van der Waals surface area contributed by atoms with Gasteiger partial charge in [0, 0.05) is 18.0 Å². The van der Waals surface area contributed by atoms with E-state index in [2.05, 4.69) is 11.9 Å². The highest BCUT2D eigenvalue weighted by Gasteiger charge is 2.05. The fourth-order valence-electron chi connectivity index (χ4n) is 1.83. The molecule has 1 aromatic heterocycles. The van der Waals surface area contributed by atoms with Crippen LogP contribution in [0.1, 0.15) is 19.5 Å². The average molecular weight is 248 g/mol. The summed E-state index contributed by atoms with van der Waals surface area (Å²) in [6.45, 7) is 4.76. The number of hydrogen-bond acceptors (Lipinski definition) is 2. The second-order valence-corrected chi connectivity index (χ2v) is 4.09. The number of ether oxygens (including phenoxy) is 1. The molecule has 0 spiro atoms. The van der Waals surface area contributed by atoms with E-state index < -0.39 is 0 Å². The summed E-state index contributed by atoms with van der Waals surface area (Å²) in [7, 11) is 0. The van der Waals surface area contributed by atoms with Crippen molar-refractivity contribution in [3.63, 3.8) is 0 Å². The SMILES string of the molecule is CCOc1cccc(-n2c(CC)c[nH]c2=S)c1. The maximum Gasteiger partial charge on any atom is 0.182 e. The second kappa shape index (κ2) is 5.19. The molecule has 0 radical (unpaired) electrons. The maximum atomic E-state index is 5.50. The Labute approximate surface area is 106 Å². The van der Waals surface area contributed by atoms with E-state index in [1.165, 1.54) is 5.69 Å². The lowest BCUT2D eigenvalue weighted by Gasteiger charge is -2.09. The molecule has 0 saturated carbocycles. The monoisotopic (exact) mass is 248 g/mol. The lowest BCUT2D eigenvalue weighted by Crippen LogP contribution is -2.00. The number of benzene rings is 1. The van der Waals surface area contributed by atoms with Gasteiger partial charge in [0.2, 0.25) is 0 Å². The van der Waals surface area contributed by atoms with Crippen LogP contribution in [0.15, 0.2) is 30.5 Å². The van der Waals surface area contributed by atoms with E-state index in [1.807, 2.05) is 42.0 Å². The van der Waals surface area contributed by atoms with Gasteiger partial charge in [-0.05, 0) is 37.7 Å². The van der Waals surface area contributed by atoms with Crippen molar-refractivity contribution in [3.05, 3.63) is 40.9 Å². The fourth-order valence-corrected chi connectivity index (χ4v) is 2.11. The highest BCUT2D eigenvalue weighted by Crippen LogP contribution is 2.19. The lowest BCUT2D eigenvalue weighted by atomic mass is 10.2. The van der Waals surface area contributed by atoms with E-state index in [1.54, 1.807) is 0 Å². The summed E-state index contributed by atoms with van der Waals surface area (Å²) in [5, 5.41) is 0. The van der Waals surface area contributed by atoms with Gasteiger partial charge < -0.3 is 9.72 Å². The van der Waals surface area contributed by atoms with Crippen molar-refractivity contribution in [2.45, 2.75) is 20.3 Å². The number of nitrogens with zero attached hydrogens (tertiary/aromatic N) is 1. The van der Waals surface area contributed by atoms with Gasteiger partial charge in [0.1, 0.15) is 5.75 Å². The molecule has 0 aliphatic heterocycles. The van der Waals surface area contributed by atoms with Crippen molar-refractivity contribution in [2.24, 2.45) is 0 Å². The van der Waals surface area contributed by atoms with Crippen molar-refractivity contribution in [1.29, 1.82) is 0 Å². The number of aromatic nitrogens is 2. The number of nitrogens with one attached hydrogen (secondary N) is 1. The first-order valence-electron chi connectivity index (χ1n) is 5.78. The molecule has 17 heavy (non-hydrogen) atoms. The number of hydrogen-bond donors (Lipinski definition) is 1. The third kappa shape index (κ3) is 2.42. The summed E-state index contributed by atoms with van der Waals surface area (Å²) in [5.41, 5.74) is 2.21. The quantitative estimate of drug-likeness (QED) is 0.839. The van der Waals surface area contributed by atoms with Gasteiger partial charge in [0.25, 0.3) is 0 Å². The van der Waals surface area contributed by atoms with Crippen molar-refractivity contribution in [2.75, 3.05) is 6.61 Å². The molecule has 2 aromatic rings. The minimum Gasteiger partial charge on any atom is -0.494 e. The number of aromatic amines is 1. The molecule has 1 heterocycles. The highest BCUT2D eigenvalue weighted by atomic mass is 32.1. The summed E-state index contributed by atoms with van der Waals surface area (Å²) in [5.74, 6) is 0.871. The molecule has 4 heteroatoms. The third-order valence-electron chi connectivity index (χ3n) is 2.60. The van der Waals surface area contributed by atoms with Gasteiger partial charge in [-0.3, -0.25) is 4.57 Å². The van der Waals surface area contributed by atoms with Crippen molar-refractivity contribution in [1.82, 2.24) is 9.55 Å². The minimum atomic E-state index is 0.669. The molecule has 0 aliphatic carbocycles. The van der Waals surface area contributed by atoms with Gasteiger partial charge in [-0.2, -0.15) is 0 Å². The number of imidazole rings is 1. The predicted molar refractivity (Wildman–Crippen MR) is 71.5 cm³/mol. The first kappa shape index (κ1) is 11.9. The molecule has 0 amide bonds. The van der Waals surface area contributed by atoms with Crippen molar-refractivity contribution in [3.8, 4) is 11.4 Å². The van der Waals surface area contributed by atoms with Crippen LogP contribution in [0.25, 0.3) is 5.69 Å². The molecule has 3 nitrogen and oxygen atoms in total. The molecule has 0 aliphatic rings. The summed E-state index contributed by atoms with van der Waals surface area (Å²) in [6.07, 6.45) is 2.89. The van der Waals surface area contributed by atoms with Gasteiger partial charge in [-0.25, -0.2) is 0 Å². The van der Waals surface area contributed by atoms with Crippen LogP contribution in [-0.2, 0) is 6.42 Å². The molecule has 0 unspecified atom stereocenters. The number of rotatable bonds is 4. The highest BCUT2D eigenvalue weighted by molar-refractivity contribution is 7.71. The second-order valence-electron chi connectivity index (χ2n) is 3.70. The van der Waals surface area contributed by atoms with Crippen LogP contribution in [0, 0.1) is 4.77 Å². The Morgan fingerprint density at radius 3 is 2.88 bits per heavy atom. The van der Waals surface area contributed by atoms with Gasteiger partial charge in [-0.1, -0.05) is 13.0 Å². The van der Waals surface area contributed by atoms with Crippen LogP contribution >= 0.6 is 12.2 Å². The molecule has 90 valence electrons. The standard InChI is InChI=1S/C13H16N2OS/c1-3-10-9-14-13(17)15(10)11-6-5-7-12(8-11)16-4-2/h5-9H,3-4H2,1-2H3,(H,14,17). The van der Waals surface area contributed by atoms with E-state index in [-0.39, 0.29) is 0 Å². The molecular formula is C13H16N2OS. The Balaban J connectivity index is 2.48. The van der Waals surface area contributed by atoms with Gasteiger partial charge in [0.05, 0.1) is 12.3 Å². The van der Waals surface area contributed by atoms with E-state index in [0.717, 1.165) is 22.6 Å². The Morgan fingerprint density at radius 1 is 1.35 bits per heavy atom. The lowest BCUT2D eigenvalue weighted by molar-refractivity contribution is 0.340. The first-order valence-corrected chi connectivity index (χ1v) is 6.19. The summed E-state index contributed by atoms with van der Waals surface area (Å²) in [4.78, 5) is 3.08. The Morgan fingerprint density at radius 2 is 2.18 bits per heavy atom. The smallest absolute Gasteiger partial charge is 0.182 e. The Bertz CT molecular complexity index is 557. The van der Waals surface area contributed by atoms with Crippen LogP contribution in [0.4, 0.5) is 0 Å². The molecule has 1 N–H and O–H groups in total. The molecule has 0 fully saturated rings. The first-order chi connectivity index (χ1) is 8.26. The summed E-state index contributed by atoms with van der Waals surface area (Å²) < 4.78 is 8.26. The van der Waals surface area contributed by atoms with Crippen LogP contribution in [0.2, 0.25) is 0 Å². The normalized spacial score (nSPS) is 10.5. The minimum absolute atomic E-state index is 0.669. The molecule has 0 atom stereocenters. The molecule has 1 aromatic carbocycles. The number of aryl methyl sites for hydroxylation is 1. The van der Waals surface area contributed by atoms with Gasteiger partial charge in [-0.15, -0.1) is 0 Å². The van der Waals surface area contributed by atoms with Crippen molar-refractivity contribution < 1.29 is 4.74 Å². The van der Waals surface area contributed by atoms with Crippen LogP contribution in [-0.4, -0.2) is 16.2 Å². The maximum absolute atomic E-state index is 5.50. The van der Waals surface area contributed by atoms with Crippen LogP contribution in [0.5, 0.6) is 5.75 Å². The van der Waals surface area contributed by atoms with Crippen LogP contribution in [0.3, 0.4) is 0 Å². The largest absolute Gasteiger partial charge is 0.494 e. The third-order valence-corrected chi connectivity index (χ3v) is 2.90. The molecule has 0 bridgehead atoms. The Kier molecular flexibility index (Phi) is 3.64. The number of H-pyrrole nitrogens is 1.